The summed E-state index contributed by atoms with van der Waals surface area (Å²) in [6.07, 6.45) is -3.57. The third-order valence-corrected chi connectivity index (χ3v) is 6.83. The molecule has 1 heterocycles. The first-order valence-corrected chi connectivity index (χ1v) is 11.8. The first-order valence-electron chi connectivity index (χ1n) is 8.78. The Labute approximate surface area is 184 Å². The van der Waals surface area contributed by atoms with Crippen LogP contribution in [0, 0.1) is 9.39 Å². The Hall–Kier alpha value is -1.89. The van der Waals surface area contributed by atoms with Gasteiger partial charge in [-0.05, 0) is 59.0 Å². The highest BCUT2D eigenvalue weighted by Crippen LogP contribution is 2.32. The zero-order chi connectivity index (χ0) is 22.3. The Kier molecular flexibility index (Phi) is 6.33. The van der Waals surface area contributed by atoms with Gasteiger partial charge in [0.2, 0.25) is 0 Å². The second-order valence-electron chi connectivity index (χ2n) is 6.86. The predicted octanol–water partition coefficient (Wildman–Crippen LogP) is 3.82. The number of amides is 1. The summed E-state index contributed by atoms with van der Waals surface area (Å²) < 4.78 is 76.5. The number of anilines is 1. The van der Waals surface area contributed by atoms with Gasteiger partial charge >= 0.3 is 6.18 Å². The molecule has 0 unspecified atom stereocenters. The standard InChI is InChI=1S/C19H17F4IN2O3S/c1-30(28,29)13-3-4-16(24)14(11-13)18(27)26-8-6-25(7-9-26)17-5-2-12(10-15(17)20)19(21,22)23/h2-5,10-11H,6-9H2,1H3. The third kappa shape index (κ3) is 4.88. The molecular weight excluding hydrogens is 539 g/mol. The maximum absolute atomic E-state index is 14.2. The number of carbonyl (C=O) groups is 1. The monoisotopic (exact) mass is 556 g/mol. The van der Waals surface area contributed by atoms with Gasteiger partial charge < -0.3 is 9.80 Å². The Balaban J connectivity index is 1.74. The average Bonchev–Trinajstić information content (AvgIpc) is 2.66. The second kappa shape index (κ2) is 8.33. The number of hydrogen-bond acceptors (Lipinski definition) is 4. The number of alkyl halides is 3. The van der Waals surface area contributed by atoms with Gasteiger partial charge in [-0.25, -0.2) is 12.8 Å². The molecule has 0 spiro atoms. The molecule has 1 saturated heterocycles. The lowest BCUT2D eigenvalue weighted by Crippen LogP contribution is -2.49. The fourth-order valence-electron chi connectivity index (χ4n) is 3.16. The number of benzene rings is 2. The van der Waals surface area contributed by atoms with Crippen LogP contribution in [0.25, 0.3) is 0 Å². The van der Waals surface area contributed by atoms with Gasteiger partial charge in [-0.1, -0.05) is 0 Å². The second-order valence-corrected chi connectivity index (χ2v) is 10.0. The van der Waals surface area contributed by atoms with Crippen molar-refractivity contribution in [3.8, 4) is 0 Å². The summed E-state index contributed by atoms with van der Waals surface area (Å²) >= 11 is 1.95. The van der Waals surface area contributed by atoms with Crippen molar-refractivity contribution in [2.24, 2.45) is 0 Å². The largest absolute Gasteiger partial charge is 0.416 e. The van der Waals surface area contributed by atoms with Crippen LogP contribution in [0.5, 0.6) is 0 Å². The molecular formula is C19H17F4IN2O3S. The molecule has 0 radical (unpaired) electrons. The van der Waals surface area contributed by atoms with Gasteiger partial charge in [-0.3, -0.25) is 4.79 Å². The van der Waals surface area contributed by atoms with E-state index >= 15 is 0 Å². The van der Waals surface area contributed by atoms with E-state index in [-0.39, 0.29) is 48.2 Å². The van der Waals surface area contributed by atoms with Crippen LogP contribution in [-0.2, 0) is 16.0 Å². The Morgan fingerprint density at radius 2 is 1.67 bits per heavy atom. The molecule has 1 fully saturated rings. The molecule has 0 atom stereocenters. The molecule has 11 heteroatoms. The fourth-order valence-corrected chi connectivity index (χ4v) is 4.37. The highest BCUT2D eigenvalue weighted by Gasteiger charge is 2.32. The smallest absolute Gasteiger partial charge is 0.366 e. The number of rotatable bonds is 3. The summed E-state index contributed by atoms with van der Waals surface area (Å²) in [4.78, 5) is 16.0. The summed E-state index contributed by atoms with van der Waals surface area (Å²) in [7, 11) is -3.47. The number of hydrogen-bond donors (Lipinski definition) is 0. The maximum Gasteiger partial charge on any atom is 0.416 e. The lowest BCUT2D eigenvalue weighted by atomic mass is 10.1. The highest BCUT2D eigenvalue weighted by molar-refractivity contribution is 14.1. The van der Waals surface area contributed by atoms with E-state index in [1.165, 1.54) is 17.0 Å². The van der Waals surface area contributed by atoms with Gasteiger partial charge in [-0.15, -0.1) is 0 Å². The van der Waals surface area contributed by atoms with Crippen LogP contribution in [0.2, 0.25) is 0 Å². The molecule has 5 nitrogen and oxygen atoms in total. The van der Waals surface area contributed by atoms with Gasteiger partial charge in [0.1, 0.15) is 5.82 Å². The van der Waals surface area contributed by atoms with Crippen molar-refractivity contribution < 1.29 is 30.8 Å². The molecule has 2 aromatic carbocycles. The minimum atomic E-state index is -4.62. The fraction of sp³-hybridized carbons (Fsp3) is 0.316. The van der Waals surface area contributed by atoms with E-state index < -0.39 is 27.4 Å². The van der Waals surface area contributed by atoms with Crippen molar-refractivity contribution in [2.75, 3.05) is 37.3 Å². The lowest BCUT2D eigenvalue weighted by Gasteiger charge is -2.36. The van der Waals surface area contributed by atoms with E-state index in [1.54, 1.807) is 11.0 Å². The Bertz CT molecular complexity index is 1080. The molecule has 30 heavy (non-hydrogen) atoms. The molecule has 0 N–H and O–H groups in total. The van der Waals surface area contributed by atoms with Crippen molar-refractivity contribution in [3.05, 3.63) is 56.9 Å². The molecule has 0 saturated carbocycles. The van der Waals surface area contributed by atoms with E-state index in [4.69, 9.17) is 0 Å². The van der Waals surface area contributed by atoms with Crippen molar-refractivity contribution in [1.29, 1.82) is 0 Å². The summed E-state index contributed by atoms with van der Waals surface area (Å²) in [5, 5.41) is 0. The zero-order valence-corrected chi connectivity index (χ0v) is 18.7. The van der Waals surface area contributed by atoms with E-state index in [0.29, 0.717) is 9.64 Å². The van der Waals surface area contributed by atoms with Crippen LogP contribution >= 0.6 is 22.6 Å². The molecule has 0 aliphatic carbocycles. The van der Waals surface area contributed by atoms with Crippen molar-refractivity contribution >= 4 is 44.0 Å². The molecule has 1 aliphatic rings. The third-order valence-electron chi connectivity index (χ3n) is 4.78. The minimum Gasteiger partial charge on any atom is -0.366 e. The molecule has 1 amide bonds. The summed E-state index contributed by atoms with van der Waals surface area (Å²) in [5.74, 6) is -1.32. The van der Waals surface area contributed by atoms with E-state index in [9.17, 15) is 30.8 Å². The molecule has 0 bridgehead atoms. The first-order chi connectivity index (χ1) is 13.9. The molecule has 3 rings (SSSR count). The molecule has 1 aliphatic heterocycles. The van der Waals surface area contributed by atoms with Gasteiger partial charge in [-0.2, -0.15) is 13.2 Å². The highest BCUT2D eigenvalue weighted by atomic mass is 127. The van der Waals surface area contributed by atoms with Gasteiger partial charge in [0.25, 0.3) is 5.91 Å². The normalized spacial score (nSPS) is 15.4. The number of carbonyl (C=O) groups excluding carboxylic acids is 1. The topological polar surface area (TPSA) is 57.7 Å². The number of nitrogens with zero attached hydrogens (tertiary/aromatic N) is 2. The number of halogens is 5. The average molecular weight is 556 g/mol. The molecule has 162 valence electrons. The lowest BCUT2D eigenvalue weighted by molar-refractivity contribution is -0.137. The molecule has 2 aromatic rings. The van der Waals surface area contributed by atoms with Crippen molar-refractivity contribution in [1.82, 2.24) is 4.90 Å². The maximum atomic E-state index is 14.2. The summed E-state index contributed by atoms with van der Waals surface area (Å²) in [6, 6.07) is 6.70. The zero-order valence-electron chi connectivity index (χ0n) is 15.7. The van der Waals surface area contributed by atoms with Gasteiger partial charge in [0.15, 0.2) is 9.84 Å². The SMILES string of the molecule is CS(=O)(=O)c1ccc(I)c(C(=O)N2CCN(c3ccc(C(F)(F)F)cc3F)CC2)c1. The van der Waals surface area contributed by atoms with Crippen LogP contribution in [0.1, 0.15) is 15.9 Å². The van der Waals surface area contributed by atoms with Crippen molar-refractivity contribution in [2.45, 2.75) is 11.1 Å². The van der Waals surface area contributed by atoms with Gasteiger partial charge in [0, 0.05) is 36.0 Å². The quantitative estimate of drug-likeness (QED) is 0.427. The summed E-state index contributed by atoms with van der Waals surface area (Å²) in [5.41, 5.74) is -0.755. The van der Waals surface area contributed by atoms with E-state index in [1.807, 2.05) is 22.6 Å². The van der Waals surface area contributed by atoms with E-state index in [0.717, 1.165) is 18.4 Å². The van der Waals surface area contributed by atoms with Gasteiger partial charge in [0.05, 0.1) is 21.7 Å². The van der Waals surface area contributed by atoms with Crippen LogP contribution in [0.15, 0.2) is 41.3 Å². The van der Waals surface area contributed by atoms with Crippen molar-refractivity contribution in [3.63, 3.8) is 0 Å². The number of piperazine rings is 1. The Morgan fingerprint density at radius 3 is 2.20 bits per heavy atom. The van der Waals surface area contributed by atoms with E-state index in [2.05, 4.69) is 0 Å². The van der Waals surface area contributed by atoms with Crippen LogP contribution in [-0.4, -0.2) is 51.7 Å². The van der Waals surface area contributed by atoms with Crippen LogP contribution in [0.4, 0.5) is 23.2 Å². The minimum absolute atomic E-state index is 0.0386. The predicted molar refractivity (Wildman–Crippen MR) is 112 cm³/mol. The first kappa shape index (κ1) is 22.8. The summed E-state index contributed by atoms with van der Waals surface area (Å²) in [6.45, 7) is 0.906. The van der Waals surface area contributed by atoms with Crippen LogP contribution < -0.4 is 4.90 Å². The van der Waals surface area contributed by atoms with Crippen LogP contribution in [0.3, 0.4) is 0 Å². The number of sulfone groups is 1. The Morgan fingerprint density at radius 1 is 1.03 bits per heavy atom. The molecule has 0 aromatic heterocycles.